The molecule has 3 N–H and O–H groups in total. The number of carbonyl (C=O) groups excluding carboxylic acids is 4. The number of ether oxygens (including phenoxy) is 2. The largest absolute Gasteiger partial charge is 0.445 e. The molecule has 0 aliphatic carbocycles. The second-order valence-corrected chi connectivity index (χ2v) is 9.00. The van der Waals surface area contributed by atoms with Crippen molar-refractivity contribution >= 4 is 29.8 Å². The van der Waals surface area contributed by atoms with Gasteiger partial charge in [0.15, 0.2) is 5.75 Å². The van der Waals surface area contributed by atoms with Crippen LogP contribution in [0, 0.1) is 0 Å². The summed E-state index contributed by atoms with van der Waals surface area (Å²) in [6, 6.07) is 14.5. The molecular formula is C26H33N3O8. The normalized spacial score (nSPS) is 11.5. The van der Waals surface area contributed by atoms with E-state index in [0.29, 0.717) is 12.1 Å². The first-order valence-electron chi connectivity index (χ1n) is 11.7. The number of benzene rings is 2. The van der Waals surface area contributed by atoms with Gasteiger partial charge in [-0.3, -0.25) is 14.6 Å². The van der Waals surface area contributed by atoms with Crippen molar-refractivity contribution in [3.8, 4) is 5.75 Å². The van der Waals surface area contributed by atoms with Crippen molar-refractivity contribution < 1.29 is 38.4 Å². The van der Waals surface area contributed by atoms with Gasteiger partial charge in [0.1, 0.15) is 18.2 Å². The molecule has 3 amide bonds. The Bertz CT molecular complexity index is 1050. The highest BCUT2D eigenvalue weighted by Gasteiger charge is 2.24. The summed E-state index contributed by atoms with van der Waals surface area (Å²) in [5.74, 6) is -0.946. The average molecular weight is 516 g/mol. The number of alkyl carbamates (subject to hydrolysis) is 2. The van der Waals surface area contributed by atoms with E-state index in [1.807, 2.05) is 30.3 Å². The lowest BCUT2D eigenvalue weighted by molar-refractivity contribution is -0.210. The Morgan fingerprint density at radius 1 is 0.946 bits per heavy atom. The maximum Gasteiger partial charge on any atom is 0.408 e. The molecule has 2 rings (SSSR count). The number of anilines is 1. The van der Waals surface area contributed by atoms with Crippen molar-refractivity contribution in [2.45, 2.75) is 58.8 Å². The number of amides is 3. The fourth-order valence-corrected chi connectivity index (χ4v) is 2.95. The van der Waals surface area contributed by atoms with E-state index < -0.39 is 35.7 Å². The molecule has 0 saturated heterocycles. The second kappa shape index (κ2) is 14.3. The van der Waals surface area contributed by atoms with Gasteiger partial charge in [0.25, 0.3) is 0 Å². The van der Waals surface area contributed by atoms with Crippen LogP contribution in [0.2, 0.25) is 0 Å². The third-order valence-corrected chi connectivity index (χ3v) is 4.52. The monoisotopic (exact) mass is 515 g/mol. The van der Waals surface area contributed by atoms with Crippen molar-refractivity contribution in [1.29, 1.82) is 0 Å². The molecule has 0 saturated carbocycles. The molecule has 11 nitrogen and oxygen atoms in total. The van der Waals surface area contributed by atoms with E-state index in [9.17, 15) is 19.2 Å². The molecule has 0 aliphatic heterocycles. The molecule has 0 fully saturated rings. The van der Waals surface area contributed by atoms with Gasteiger partial charge in [-0.2, -0.15) is 0 Å². The van der Waals surface area contributed by atoms with Crippen molar-refractivity contribution in [3.05, 3.63) is 60.2 Å². The first-order chi connectivity index (χ1) is 17.5. The van der Waals surface area contributed by atoms with Crippen molar-refractivity contribution in [2.75, 3.05) is 11.9 Å². The SMILES string of the molecule is CC(=O)OOc1cccc(NC(=O)[C@H](CCCNC(=O)OCc2ccccc2)NC(=O)OC(C)(C)C)c1. The summed E-state index contributed by atoms with van der Waals surface area (Å²) >= 11 is 0. The van der Waals surface area contributed by atoms with E-state index in [1.165, 1.54) is 19.1 Å². The molecule has 0 spiro atoms. The van der Waals surface area contributed by atoms with Crippen LogP contribution in [0.4, 0.5) is 15.3 Å². The zero-order valence-corrected chi connectivity index (χ0v) is 21.4. The Labute approximate surface area is 215 Å². The Morgan fingerprint density at radius 3 is 2.35 bits per heavy atom. The maximum absolute atomic E-state index is 13.0. The van der Waals surface area contributed by atoms with E-state index in [1.54, 1.807) is 32.9 Å². The Morgan fingerprint density at radius 2 is 1.68 bits per heavy atom. The van der Waals surface area contributed by atoms with Crippen molar-refractivity contribution in [2.24, 2.45) is 0 Å². The first-order valence-corrected chi connectivity index (χ1v) is 11.7. The first kappa shape index (κ1) is 29.0. The van der Waals surface area contributed by atoms with E-state index in [2.05, 4.69) is 20.8 Å². The van der Waals surface area contributed by atoms with E-state index in [4.69, 9.17) is 14.4 Å². The minimum Gasteiger partial charge on any atom is -0.445 e. The van der Waals surface area contributed by atoms with E-state index >= 15 is 0 Å². The van der Waals surface area contributed by atoms with Crippen LogP contribution in [0.5, 0.6) is 5.75 Å². The Hall–Kier alpha value is -4.28. The summed E-state index contributed by atoms with van der Waals surface area (Å²) in [5.41, 5.74) is 0.462. The number of hydrogen-bond acceptors (Lipinski definition) is 8. The zero-order chi connectivity index (χ0) is 27.3. The van der Waals surface area contributed by atoms with Crippen LogP contribution in [0.25, 0.3) is 0 Å². The number of nitrogens with one attached hydrogen (secondary N) is 3. The van der Waals surface area contributed by atoms with Crippen LogP contribution in [0.15, 0.2) is 54.6 Å². The number of carbonyl (C=O) groups is 4. The third-order valence-electron chi connectivity index (χ3n) is 4.52. The maximum atomic E-state index is 13.0. The predicted molar refractivity (Wildman–Crippen MR) is 134 cm³/mol. The summed E-state index contributed by atoms with van der Waals surface area (Å²) in [4.78, 5) is 57.5. The summed E-state index contributed by atoms with van der Waals surface area (Å²) in [5, 5.41) is 7.87. The minimum absolute atomic E-state index is 0.137. The lowest BCUT2D eigenvalue weighted by Crippen LogP contribution is -2.46. The van der Waals surface area contributed by atoms with Gasteiger partial charge in [0.05, 0.1) is 0 Å². The van der Waals surface area contributed by atoms with Gasteiger partial charge in [0.2, 0.25) is 5.91 Å². The zero-order valence-electron chi connectivity index (χ0n) is 21.4. The molecule has 2 aromatic rings. The summed E-state index contributed by atoms with van der Waals surface area (Å²) in [6.45, 7) is 6.68. The highest BCUT2D eigenvalue weighted by atomic mass is 17.2. The van der Waals surface area contributed by atoms with Crippen LogP contribution >= 0.6 is 0 Å². The smallest absolute Gasteiger partial charge is 0.408 e. The van der Waals surface area contributed by atoms with Crippen LogP contribution in [0.1, 0.15) is 46.1 Å². The fourth-order valence-electron chi connectivity index (χ4n) is 2.95. The van der Waals surface area contributed by atoms with Crippen LogP contribution in [-0.2, 0) is 30.6 Å². The molecule has 200 valence electrons. The molecule has 0 aliphatic rings. The summed E-state index contributed by atoms with van der Waals surface area (Å²) in [6.07, 6.45) is -0.776. The average Bonchev–Trinajstić information content (AvgIpc) is 2.83. The lowest BCUT2D eigenvalue weighted by atomic mass is 10.1. The predicted octanol–water partition coefficient (Wildman–Crippen LogP) is 4.08. The summed E-state index contributed by atoms with van der Waals surface area (Å²) in [7, 11) is 0. The van der Waals surface area contributed by atoms with Gasteiger partial charge in [-0.15, -0.1) is 0 Å². The highest BCUT2D eigenvalue weighted by Crippen LogP contribution is 2.18. The second-order valence-electron chi connectivity index (χ2n) is 9.00. The molecule has 0 radical (unpaired) electrons. The molecule has 2 aromatic carbocycles. The van der Waals surface area contributed by atoms with Crippen LogP contribution < -0.4 is 20.8 Å². The van der Waals surface area contributed by atoms with E-state index in [0.717, 1.165) is 5.56 Å². The van der Waals surface area contributed by atoms with Gasteiger partial charge >= 0.3 is 18.2 Å². The quantitative estimate of drug-likeness (QED) is 0.231. The molecular weight excluding hydrogens is 482 g/mol. The molecule has 0 bridgehead atoms. The van der Waals surface area contributed by atoms with Crippen LogP contribution in [-0.4, -0.2) is 42.3 Å². The molecule has 37 heavy (non-hydrogen) atoms. The molecule has 0 unspecified atom stereocenters. The standard InChI is InChI=1S/C26H33N3O8/c1-18(30)36-37-21-13-8-12-20(16-21)28-23(31)22(29-25(33)35-26(2,3)4)14-9-15-27-24(32)34-17-19-10-6-5-7-11-19/h5-8,10-13,16,22H,9,14-15,17H2,1-4H3,(H,27,32)(H,28,31)(H,29,33)/t22-/m0/s1. The minimum atomic E-state index is -0.963. The summed E-state index contributed by atoms with van der Waals surface area (Å²) < 4.78 is 10.4. The Balaban J connectivity index is 1.92. The topological polar surface area (TPSA) is 141 Å². The highest BCUT2D eigenvalue weighted by molar-refractivity contribution is 5.96. The fraction of sp³-hybridized carbons (Fsp3) is 0.385. The van der Waals surface area contributed by atoms with Gasteiger partial charge < -0.3 is 25.4 Å². The van der Waals surface area contributed by atoms with E-state index in [-0.39, 0.29) is 25.3 Å². The number of rotatable bonds is 11. The van der Waals surface area contributed by atoms with Crippen molar-refractivity contribution in [1.82, 2.24) is 10.6 Å². The van der Waals surface area contributed by atoms with Crippen LogP contribution in [0.3, 0.4) is 0 Å². The van der Waals surface area contributed by atoms with Gasteiger partial charge in [-0.1, -0.05) is 36.4 Å². The van der Waals surface area contributed by atoms with Gasteiger partial charge in [-0.25, -0.2) is 14.4 Å². The molecule has 1 atom stereocenters. The number of hydrogen-bond donors (Lipinski definition) is 3. The third kappa shape index (κ3) is 12.3. The van der Waals surface area contributed by atoms with Gasteiger partial charge in [0, 0.05) is 25.2 Å². The molecule has 0 heterocycles. The lowest BCUT2D eigenvalue weighted by Gasteiger charge is -2.23. The van der Waals surface area contributed by atoms with Gasteiger partial charge in [-0.05, 0) is 51.3 Å². The molecule has 11 heteroatoms. The van der Waals surface area contributed by atoms with Crippen molar-refractivity contribution in [3.63, 3.8) is 0 Å². The Kier molecular flexibility index (Phi) is 11.2. The molecule has 0 aromatic heterocycles.